The minimum absolute atomic E-state index is 1.05. The monoisotopic (exact) mass is 138 g/mol. The molecule has 0 aromatic heterocycles. The zero-order chi connectivity index (χ0) is 6.69. The lowest BCUT2D eigenvalue weighted by molar-refractivity contribution is 1.12. The SMILES string of the molecule is CCc1cccc(S)c1. The van der Waals surface area contributed by atoms with Crippen molar-refractivity contribution in [1.29, 1.82) is 0 Å². The van der Waals surface area contributed by atoms with Crippen LogP contribution in [0.25, 0.3) is 0 Å². The first-order valence-corrected chi connectivity index (χ1v) is 3.55. The predicted octanol–water partition coefficient (Wildman–Crippen LogP) is 2.54. The normalized spacial score (nSPS) is 9.56. The molecule has 1 aromatic rings. The summed E-state index contributed by atoms with van der Waals surface area (Å²) in [6.45, 7) is 2.14. The first kappa shape index (κ1) is 6.69. The van der Waals surface area contributed by atoms with Crippen LogP contribution >= 0.6 is 12.6 Å². The number of aryl methyl sites for hydroxylation is 1. The maximum Gasteiger partial charge on any atom is 0.00427 e. The molecule has 0 aliphatic rings. The molecule has 1 heteroatoms. The van der Waals surface area contributed by atoms with Crippen LogP contribution in [-0.2, 0) is 6.42 Å². The van der Waals surface area contributed by atoms with Gasteiger partial charge in [0.15, 0.2) is 0 Å². The van der Waals surface area contributed by atoms with Crippen LogP contribution in [-0.4, -0.2) is 0 Å². The molecule has 9 heavy (non-hydrogen) atoms. The summed E-state index contributed by atoms with van der Waals surface area (Å²) < 4.78 is 0. The summed E-state index contributed by atoms with van der Waals surface area (Å²) in [4.78, 5) is 1.05. The van der Waals surface area contributed by atoms with Crippen LogP contribution in [0.5, 0.6) is 0 Å². The molecule has 0 radical (unpaired) electrons. The largest absolute Gasteiger partial charge is 0.143 e. The molecule has 0 aliphatic heterocycles. The molecule has 0 amide bonds. The number of hydrogen-bond acceptors (Lipinski definition) is 1. The van der Waals surface area contributed by atoms with Crippen LogP contribution in [0.1, 0.15) is 12.5 Å². The van der Waals surface area contributed by atoms with Crippen molar-refractivity contribution in [1.82, 2.24) is 0 Å². The van der Waals surface area contributed by atoms with Gasteiger partial charge in [-0.15, -0.1) is 12.6 Å². The Morgan fingerprint density at radius 3 is 2.67 bits per heavy atom. The fourth-order valence-corrected chi connectivity index (χ4v) is 1.03. The van der Waals surface area contributed by atoms with Crippen molar-refractivity contribution in [2.24, 2.45) is 0 Å². The Labute approximate surface area is 61.3 Å². The second-order valence-electron chi connectivity index (χ2n) is 2.02. The van der Waals surface area contributed by atoms with Gasteiger partial charge in [0.2, 0.25) is 0 Å². The van der Waals surface area contributed by atoms with Gasteiger partial charge in [0.05, 0.1) is 0 Å². The Balaban J connectivity index is 2.94. The van der Waals surface area contributed by atoms with Gasteiger partial charge in [0.25, 0.3) is 0 Å². The molecule has 0 N–H and O–H groups in total. The summed E-state index contributed by atoms with van der Waals surface area (Å²) >= 11 is 4.21. The molecule has 0 fully saturated rings. The van der Waals surface area contributed by atoms with Gasteiger partial charge in [-0.2, -0.15) is 0 Å². The number of rotatable bonds is 1. The van der Waals surface area contributed by atoms with E-state index in [0.717, 1.165) is 11.3 Å². The minimum atomic E-state index is 1.05. The van der Waals surface area contributed by atoms with Crippen molar-refractivity contribution < 1.29 is 0 Å². The summed E-state index contributed by atoms with van der Waals surface area (Å²) in [5.74, 6) is 0. The summed E-state index contributed by atoms with van der Waals surface area (Å²) in [6, 6.07) is 8.21. The van der Waals surface area contributed by atoms with Gasteiger partial charge >= 0.3 is 0 Å². The molecule has 0 heterocycles. The smallest absolute Gasteiger partial charge is 0.00427 e. The standard InChI is InChI=1S/C8H10S/c1-2-7-4-3-5-8(9)6-7/h3-6,9H,2H2,1H3. The molecule has 0 bridgehead atoms. The van der Waals surface area contributed by atoms with E-state index in [1.807, 2.05) is 12.1 Å². The van der Waals surface area contributed by atoms with E-state index in [1.165, 1.54) is 5.56 Å². The zero-order valence-electron chi connectivity index (χ0n) is 5.46. The summed E-state index contributed by atoms with van der Waals surface area (Å²) in [5, 5.41) is 0. The first-order valence-electron chi connectivity index (χ1n) is 3.11. The van der Waals surface area contributed by atoms with Gasteiger partial charge in [-0.25, -0.2) is 0 Å². The van der Waals surface area contributed by atoms with Crippen molar-refractivity contribution in [2.45, 2.75) is 18.2 Å². The molecular weight excluding hydrogens is 128 g/mol. The second-order valence-corrected chi connectivity index (χ2v) is 2.54. The Morgan fingerprint density at radius 1 is 1.44 bits per heavy atom. The first-order chi connectivity index (χ1) is 4.33. The molecule has 0 saturated heterocycles. The summed E-state index contributed by atoms with van der Waals surface area (Å²) in [7, 11) is 0. The van der Waals surface area contributed by atoms with Gasteiger partial charge < -0.3 is 0 Å². The van der Waals surface area contributed by atoms with Crippen molar-refractivity contribution >= 4 is 12.6 Å². The molecule has 0 spiro atoms. The third kappa shape index (κ3) is 1.75. The number of hydrogen-bond donors (Lipinski definition) is 1. The van der Waals surface area contributed by atoms with Crippen LogP contribution in [0.2, 0.25) is 0 Å². The van der Waals surface area contributed by atoms with Gasteiger partial charge in [-0.1, -0.05) is 19.1 Å². The Hall–Kier alpha value is -0.430. The van der Waals surface area contributed by atoms with Crippen LogP contribution in [0.15, 0.2) is 29.2 Å². The lowest BCUT2D eigenvalue weighted by atomic mass is 10.2. The maximum atomic E-state index is 4.21. The van der Waals surface area contributed by atoms with E-state index >= 15 is 0 Å². The lowest BCUT2D eigenvalue weighted by Crippen LogP contribution is -1.76. The Bertz CT molecular complexity index is 194. The lowest BCUT2D eigenvalue weighted by Gasteiger charge is -1.94. The Morgan fingerprint density at radius 2 is 2.22 bits per heavy atom. The third-order valence-electron chi connectivity index (χ3n) is 1.32. The average Bonchev–Trinajstić information content (AvgIpc) is 1.88. The molecule has 1 aromatic carbocycles. The summed E-state index contributed by atoms with van der Waals surface area (Å²) in [6.07, 6.45) is 1.09. The van der Waals surface area contributed by atoms with E-state index < -0.39 is 0 Å². The number of benzene rings is 1. The third-order valence-corrected chi connectivity index (χ3v) is 1.60. The highest BCUT2D eigenvalue weighted by molar-refractivity contribution is 7.80. The molecule has 0 atom stereocenters. The van der Waals surface area contributed by atoms with Gasteiger partial charge in [-0.3, -0.25) is 0 Å². The highest BCUT2D eigenvalue weighted by Crippen LogP contribution is 2.08. The quantitative estimate of drug-likeness (QED) is 0.566. The maximum absolute atomic E-state index is 4.21. The highest BCUT2D eigenvalue weighted by Gasteiger charge is 1.86. The topological polar surface area (TPSA) is 0 Å². The van der Waals surface area contributed by atoms with E-state index in [4.69, 9.17) is 0 Å². The van der Waals surface area contributed by atoms with Crippen molar-refractivity contribution in [3.8, 4) is 0 Å². The molecule has 0 nitrogen and oxygen atoms in total. The molecule has 0 saturated carbocycles. The molecule has 0 unspecified atom stereocenters. The fourth-order valence-electron chi connectivity index (χ4n) is 0.776. The van der Waals surface area contributed by atoms with E-state index in [2.05, 4.69) is 31.7 Å². The predicted molar refractivity (Wildman–Crippen MR) is 43.1 cm³/mol. The minimum Gasteiger partial charge on any atom is -0.143 e. The van der Waals surface area contributed by atoms with Gasteiger partial charge in [0, 0.05) is 4.90 Å². The molecular formula is C8H10S. The van der Waals surface area contributed by atoms with E-state index in [-0.39, 0.29) is 0 Å². The van der Waals surface area contributed by atoms with Crippen molar-refractivity contribution in [3.05, 3.63) is 29.8 Å². The average molecular weight is 138 g/mol. The van der Waals surface area contributed by atoms with Crippen LogP contribution in [0, 0.1) is 0 Å². The van der Waals surface area contributed by atoms with Gasteiger partial charge in [-0.05, 0) is 24.1 Å². The fraction of sp³-hybridized carbons (Fsp3) is 0.250. The molecule has 0 aliphatic carbocycles. The van der Waals surface area contributed by atoms with Crippen molar-refractivity contribution in [3.63, 3.8) is 0 Å². The van der Waals surface area contributed by atoms with Crippen LogP contribution in [0.3, 0.4) is 0 Å². The molecule has 48 valence electrons. The van der Waals surface area contributed by atoms with E-state index in [1.54, 1.807) is 0 Å². The van der Waals surface area contributed by atoms with Gasteiger partial charge in [0.1, 0.15) is 0 Å². The number of thiol groups is 1. The summed E-state index contributed by atoms with van der Waals surface area (Å²) in [5.41, 5.74) is 1.35. The van der Waals surface area contributed by atoms with Crippen molar-refractivity contribution in [2.75, 3.05) is 0 Å². The van der Waals surface area contributed by atoms with E-state index in [0.29, 0.717) is 0 Å². The van der Waals surface area contributed by atoms with E-state index in [9.17, 15) is 0 Å². The van der Waals surface area contributed by atoms with Crippen LogP contribution in [0.4, 0.5) is 0 Å². The zero-order valence-corrected chi connectivity index (χ0v) is 6.36. The molecule has 1 rings (SSSR count). The highest BCUT2D eigenvalue weighted by atomic mass is 32.1. The second kappa shape index (κ2) is 2.92. The Kier molecular flexibility index (Phi) is 2.17. The van der Waals surface area contributed by atoms with Crippen LogP contribution < -0.4 is 0 Å².